The van der Waals surface area contributed by atoms with Crippen LogP contribution in [0.1, 0.15) is 24.8 Å². The van der Waals surface area contributed by atoms with Crippen LogP contribution < -0.4 is 0 Å². The van der Waals surface area contributed by atoms with E-state index in [1.807, 2.05) is 36.4 Å². The lowest BCUT2D eigenvalue weighted by atomic mass is 9.85. The SMILES string of the molecule is OC1(c2ccccc2)C=CCCC1. The normalized spacial score (nSPS) is 27.5. The van der Waals surface area contributed by atoms with E-state index in [0.717, 1.165) is 24.8 Å². The van der Waals surface area contributed by atoms with Crippen molar-refractivity contribution in [2.24, 2.45) is 0 Å². The molecule has 1 heteroatoms. The fourth-order valence-electron chi connectivity index (χ4n) is 1.82. The lowest BCUT2D eigenvalue weighted by Gasteiger charge is -2.27. The summed E-state index contributed by atoms with van der Waals surface area (Å²) in [7, 11) is 0. The fraction of sp³-hybridized carbons (Fsp3) is 0.333. The molecule has 1 aromatic rings. The molecule has 13 heavy (non-hydrogen) atoms. The van der Waals surface area contributed by atoms with Crippen molar-refractivity contribution < 1.29 is 5.11 Å². The Morgan fingerprint density at radius 2 is 1.92 bits per heavy atom. The lowest BCUT2D eigenvalue weighted by molar-refractivity contribution is 0.0726. The first-order chi connectivity index (χ1) is 6.31. The van der Waals surface area contributed by atoms with E-state index in [0.29, 0.717) is 0 Å². The van der Waals surface area contributed by atoms with Crippen LogP contribution in [-0.2, 0) is 5.60 Å². The molecule has 0 saturated carbocycles. The maximum Gasteiger partial charge on any atom is 0.108 e. The minimum atomic E-state index is -0.709. The average Bonchev–Trinajstić information content (AvgIpc) is 2.20. The van der Waals surface area contributed by atoms with Crippen LogP contribution >= 0.6 is 0 Å². The molecule has 1 atom stereocenters. The Morgan fingerprint density at radius 3 is 2.54 bits per heavy atom. The quantitative estimate of drug-likeness (QED) is 0.649. The highest BCUT2D eigenvalue weighted by atomic mass is 16.3. The third kappa shape index (κ3) is 1.65. The van der Waals surface area contributed by atoms with Crippen molar-refractivity contribution >= 4 is 0 Å². The number of allylic oxidation sites excluding steroid dienone is 1. The monoisotopic (exact) mass is 174 g/mol. The molecule has 0 saturated heterocycles. The van der Waals surface area contributed by atoms with Crippen LogP contribution in [0.25, 0.3) is 0 Å². The molecule has 0 heterocycles. The van der Waals surface area contributed by atoms with Crippen LogP contribution in [0.4, 0.5) is 0 Å². The summed E-state index contributed by atoms with van der Waals surface area (Å²) in [6.07, 6.45) is 6.99. The predicted octanol–water partition coefficient (Wildman–Crippen LogP) is 2.61. The van der Waals surface area contributed by atoms with Crippen LogP contribution in [0, 0.1) is 0 Å². The van der Waals surface area contributed by atoms with E-state index >= 15 is 0 Å². The molecule has 0 fully saturated rings. The van der Waals surface area contributed by atoms with Gasteiger partial charge in [-0.15, -0.1) is 0 Å². The van der Waals surface area contributed by atoms with Gasteiger partial charge in [0.25, 0.3) is 0 Å². The van der Waals surface area contributed by atoms with Gasteiger partial charge in [0.1, 0.15) is 5.60 Å². The van der Waals surface area contributed by atoms with Crippen molar-refractivity contribution in [3.63, 3.8) is 0 Å². The van der Waals surface area contributed by atoms with Gasteiger partial charge in [-0.25, -0.2) is 0 Å². The molecule has 0 spiro atoms. The predicted molar refractivity (Wildman–Crippen MR) is 53.3 cm³/mol. The van der Waals surface area contributed by atoms with Crippen molar-refractivity contribution in [1.29, 1.82) is 0 Å². The summed E-state index contributed by atoms with van der Waals surface area (Å²) < 4.78 is 0. The fourth-order valence-corrected chi connectivity index (χ4v) is 1.82. The zero-order valence-electron chi connectivity index (χ0n) is 7.61. The molecule has 0 aromatic heterocycles. The van der Waals surface area contributed by atoms with E-state index < -0.39 is 5.60 Å². The summed E-state index contributed by atoms with van der Waals surface area (Å²) in [5, 5.41) is 10.3. The highest BCUT2D eigenvalue weighted by Gasteiger charge is 2.26. The first-order valence-electron chi connectivity index (χ1n) is 4.77. The van der Waals surface area contributed by atoms with Crippen molar-refractivity contribution in [2.75, 3.05) is 0 Å². The first-order valence-corrected chi connectivity index (χ1v) is 4.77. The molecule has 1 aliphatic rings. The Labute approximate surface area is 78.7 Å². The van der Waals surface area contributed by atoms with Gasteiger partial charge in [-0.1, -0.05) is 42.5 Å². The Hall–Kier alpha value is -1.08. The Bertz CT molecular complexity index is 302. The Kier molecular flexibility index (Phi) is 2.19. The van der Waals surface area contributed by atoms with Crippen LogP contribution in [-0.4, -0.2) is 5.11 Å². The summed E-state index contributed by atoms with van der Waals surface area (Å²) in [5.74, 6) is 0. The van der Waals surface area contributed by atoms with Gasteiger partial charge in [0.2, 0.25) is 0 Å². The lowest BCUT2D eigenvalue weighted by Crippen LogP contribution is -2.24. The molecule has 0 bridgehead atoms. The smallest absolute Gasteiger partial charge is 0.108 e. The van der Waals surface area contributed by atoms with E-state index in [9.17, 15) is 5.11 Å². The second kappa shape index (κ2) is 3.35. The van der Waals surface area contributed by atoms with Gasteiger partial charge in [-0.3, -0.25) is 0 Å². The standard InChI is InChI=1S/C12H14O/c13-12(9-5-2-6-10-12)11-7-3-1-4-8-11/h1,3-5,7-9,13H,2,6,10H2. The number of aliphatic hydroxyl groups is 1. The molecular weight excluding hydrogens is 160 g/mol. The molecule has 1 unspecified atom stereocenters. The van der Waals surface area contributed by atoms with Crippen LogP contribution in [0.15, 0.2) is 42.5 Å². The van der Waals surface area contributed by atoms with E-state index in [2.05, 4.69) is 6.08 Å². The van der Waals surface area contributed by atoms with Crippen LogP contribution in [0.3, 0.4) is 0 Å². The van der Waals surface area contributed by atoms with E-state index in [4.69, 9.17) is 0 Å². The minimum absolute atomic E-state index is 0.709. The topological polar surface area (TPSA) is 20.2 Å². The highest BCUT2D eigenvalue weighted by Crippen LogP contribution is 2.31. The zero-order chi connectivity index (χ0) is 9.15. The summed E-state index contributed by atoms with van der Waals surface area (Å²) in [6.45, 7) is 0. The number of rotatable bonds is 1. The van der Waals surface area contributed by atoms with Crippen LogP contribution in [0.2, 0.25) is 0 Å². The van der Waals surface area contributed by atoms with Crippen molar-refractivity contribution in [3.8, 4) is 0 Å². The van der Waals surface area contributed by atoms with Crippen molar-refractivity contribution in [2.45, 2.75) is 24.9 Å². The van der Waals surface area contributed by atoms with E-state index in [-0.39, 0.29) is 0 Å². The molecule has 0 aliphatic heterocycles. The Balaban J connectivity index is 2.34. The molecule has 0 amide bonds. The van der Waals surface area contributed by atoms with Gasteiger partial charge in [0, 0.05) is 0 Å². The third-order valence-corrected chi connectivity index (χ3v) is 2.60. The molecule has 1 N–H and O–H groups in total. The maximum atomic E-state index is 10.3. The van der Waals surface area contributed by atoms with Gasteiger partial charge in [-0.2, -0.15) is 0 Å². The third-order valence-electron chi connectivity index (χ3n) is 2.60. The molecular formula is C12H14O. The summed E-state index contributed by atoms with van der Waals surface area (Å²) in [4.78, 5) is 0. The molecule has 0 radical (unpaired) electrons. The van der Waals surface area contributed by atoms with Gasteiger partial charge in [0.05, 0.1) is 0 Å². The van der Waals surface area contributed by atoms with Gasteiger partial charge in [0.15, 0.2) is 0 Å². The van der Waals surface area contributed by atoms with Crippen molar-refractivity contribution in [3.05, 3.63) is 48.0 Å². The highest BCUT2D eigenvalue weighted by molar-refractivity contribution is 5.28. The second-order valence-corrected chi connectivity index (χ2v) is 3.58. The molecule has 1 aromatic carbocycles. The molecule has 1 nitrogen and oxygen atoms in total. The first kappa shape index (κ1) is 8.52. The van der Waals surface area contributed by atoms with E-state index in [1.165, 1.54) is 0 Å². The second-order valence-electron chi connectivity index (χ2n) is 3.58. The Morgan fingerprint density at radius 1 is 1.15 bits per heavy atom. The van der Waals surface area contributed by atoms with Gasteiger partial charge in [-0.05, 0) is 24.8 Å². The number of hydrogen-bond donors (Lipinski definition) is 1. The number of benzene rings is 1. The summed E-state index contributed by atoms with van der Waals surface area (Å²) >= 11 is 0. The van der Waals surface area contributed by atoms with Crippen molar-refractivity contribution in [1.82, 2.24) is 0 Å². The zero-order valence-corrected chi connectivity index (χ0v) is 7.61. The molecule has 2 rings (SSSR count). The number of hydrogen-bond acceptors (Lipinski definition) is 1. The molecule has 68 valence electrons. The average molecular weight is 174 g/mol. The largest absolute Gasteiger partial charge is 0.381 e. The van der Waals surface area contributed by atoms with E-state index in [1.54, 1.807) is 0 Å². The van der Waals surface area contributed by atoms with Gasteiger partial charge < -0.3 is 5.11 Å². The van der Waals surface area contributed by atoms with Gasteiger partial charge >= 0.3 is 0 Å². The minimum Gasteiger partial charge on any atom is -0.381 e. The van der Waals surface area contributed by atoms with Crippen LogP contribution in [0.5, 0.6) is 0 Å². The summed E-state index contributed by atoms with van der Waals surface area (Å²) in [5.41, 5.74) is 0.297. The molecule has 1 aliphatic carbocycles. The maximum absolute atomic E-state index is 10.3. The summed E-state index contributed by atoms with van der Waals surface area (Å²) in [6, 6.07) is 9.87.